The SMILES string of the molecule is Oc1ccccc1.Oc1ccccc1.POc1ccccc1. The second-order valence-corrected chi connectivity index (χ2v) is 4.34. The molecule has 3 nitrogen and oxygen atoms in total. The van der Waals surface area contributed by atoms with Gasteiger partial charge in [0.2, 0.25) is 0 Å². The van der Waals surface area contributed by atoms with E-state index in [-0.39, 0.29) is 0 Å². The summed E-state index contributed by atoms with van der Waals surface area (Å²) in [5.41, 5.74) is 0. The molecule has 0 amide bonds. The van der Waals surface area contributed by atoms with Crippen molar-refractivity contribution in [1.29, 1.82) is 0 Å². The highest BCUT2D eigenvalue weighted by molar-refractivity contribution is 7.10. The molecule has 0 bridgehead atoms. The molecule has 1 atom stereocenters. The van der Waals surface area contributed by atoms with Crippen LogP contribution in [0.15, 0.2) is 91.0 Å². The van der Waals surface area contributed by atoms with Crippen LogP contribution in [0.4, 0.5) is 0 Å². The molecule has 0 saturated heterocycles. The second kappa shape index (κ2) is 11.2. The van der Waals surface area contributed by atoms with Gasteiger partial charge in [-0.1, -0.05) is 54.6 Å². The molecule has 4 heteroatoms. The normalized spacial score (nSPS) is 8.59. The number of hydrogen-bond donors (Lipinski definition) is 2. The van der Waals surface area contributed by atoms with Gasteiger partial charge in [-0.2, -0.15) is 0 Å². The van der Waals surface area contributed by atoms with Gasteiger partial charge in [-0.15, -0.1) is 0 Å². The molecule has 3 aromatic rings. The van der Waals surface area contributed by atoms with Gasteiger partial charge in [-0.3, -0.25) is 0 Å². The maximum absolute atomic E-state index is 8.63. The van der Waals surface area contributed by atoms with E-state index < -0.39 is 0 Å². The van der Waals surface area contributed by atoms with E-state index >= 15 is 0 Å². The smallest absolute Gasteiger partial charge is 0.122 e. The molecule has 0 saturated carbocycles. The van der Waals surface area contributed by atoms with E-state index in [9.17, 15) is 0 Å². The van der Waals surface area contributed by atoms with E-state index in [1.54, 1.807) is 48.5 Å². The van der Waals surface area contributed by atoms with Crippen molar-refractivity contribution < 1.29 is 14.7 Å². The van der Waals surface area contributed by atoms with Crippen LogP contribution in [-0.2, 0) is 0 Å². The first-order valence-corrected chi connectivity index (χ1v) is 7.09. The third-order valence-corrected chi connectivity index (χ3v) is 2.66. The van der Waals surface area contributed by atoms with E-state index in [1.165, 1.54) is 0 Å². The van der Waals surface area contributed by atoms with Crippen molar-refractivity contribution in [2.45, 2.75) is 0 Å². The summed E-state index contributed by atoms with van der Waals surface area (Å²) in [6, 6.07) is 27.0. The second-order valence-electron chi connectivity index (χ2n) is 4.10. The third-order valence-electron chi connectivity index (χ3n) is 2.39. The Bertz CT molecular complexity index is 564. The minimum absolute atomic E-state index is 0.322. The Morgan fingerprint density at radius 3 is 1.05 bits per heavy atom. The topological polar surface area (TPSA) is 49.7 Å². The summed E-state index contributed by atoms with van der Waals surface area (Å²) in [6.45, 7) is 0. The van der Waals surface area contributed by atoms with Gasteiger partial charge in [-0.05, 0) is 36.4 Å². The van der Waals surface area contributed by atoms with Gasteiger partial charge in [0.25, 0.3) is 0 Å². The molecule has 114 valence electrons. The lowest BCUT2D eigenvalue weighted by atomic mass is 10.3. The maximum atomic E-state index is 8.63. The molecule has 0 aliphatic carbocycles. The highest BCUT2D eigenvalue weighted by Gasteiger charge is 1.80. The van der Waals surface area contributed by atoms with Crippen molar-refractivity contribution in [2.24, 2.45) is 0 Å². The van der Waals surface area contributed by atoms with Gasteiger partial charge in [0.05, 0.1) is 9.47 Å². The first-order chi connectivity index (χ1) is 10.7. The maximum Gasteiger partial charge on any atom is 0.122 e. The van der Waals surface area contributed by atoms with Crippen LogP contribution in [0, 0.1) is 0 Å². The van der Waals surface area contributed by atoms with Crippen molar-refractivity contribution in [1.82, 2.24) is 0 Å². The number of para-hydroxylation sites is 3. The monoisotopic (exact) mass is 314 g/mol. The minimum Gasteiger partial charge on any atom is -0.508 e. The Hall–Kier alpha value is -2.51. The molecule has 0 fully saturated rings. The van der Waals surface area contributed by atoms with Crippen LogP contribution >= 0.6 is 9.47 Å². The van der Waals surface area contributed by atoms with Crippen LogP contribution < -0.4 is 4.52 Å². The molecule has 0 aromatic heterocycles. The fourth-order valence-corrected chi connectivity index (χ4v) is 1.51. The quantitative estimate of drug-likeness (QED) is 0.643. The molecule has 2 N–H and O–H groups in total. The van der Waals surface area contributed by atoms with Crippen molar-refractivity contribution in [3.8, 4) is 17.2 Å². The molecule has 1 unspecified atom stereocenters. The molecule has 0 aliphatic heterocycles. The van der Waals surface area contributed by atoms with Gasteiger partial charge < -0.3 is 14.7 Å². The highest BCUT2D eigenvalue weighted by atomic mass is 31.0. The number of phenolic OH excluding ortho intramolecular Hbond substituents is 2. The first-order valence-electron chi connectivity index (χ1n) is 6.62. The summed E-state index contributed by atoms with van der Waals surface area (Å²) in [6.07, 6.45) is 0. The van der Waals surface area contributed by atoms with E-state index in [0.717, 1.165) is 5.75 Å². The Morgan fingerprint density at radius 1 is 0.545 bits per heavy atom. The average Bonchev–Trinajstić information content (AvgIpc) is 2.58. The molecular weight excluding hydrogens is 295 g/mol. The summed E-state index contributed by atoms with van der Waals surface area (Å²) in [4.78, 5) is 0. The Balaban J connectivity index is 0.000000166. The summed E-state index contributed by atoms with van der Waals surface area (Å²) in [5, 5.41) is 17.3. The zero-order valence-corrected chi connectivity index (χ0v) is 13.2. The summed E-state index contributed by atoms with van der Waals surface area (Å²) in [7, 11) is 2.19. The lowest BCUT2D eigenvalue weighted by molar-refractivity contribution is 0.475. The standard InChI is InChI=1S/C6H7OP.2C6H6O/c8-7-6-4-2-1-3-5-6;2*7-6-4-2-1-3-5-6/h1-5H,8H2;2*1-5,7H. The fourth-order valence-electron chi connectivity index (χ4n) is 1.36. The molecule has 0 heterocycles. The molecule has 0 spiro atoms. The minimum atomic E-state index is 0.322. The summed E-state index contributed by atoms with van der Waals surface area (Å²) >= 11 is 0. The van der Waals surface area contributed by atoms with Gasteiger partial charge in [-0.25, -0.2) is 0 Å². The lowest BCUT2D eigenvalue weighted by Crippen LogP contribution is -1.68. The first kappa shape index (κ1) is 17.5. The van der Waals surface area contributed by atoms with Gasteiger partial charge in [0.15, 0.2) is 0 Å². The van der Waals surface area contributed by atoms with Crippen LogP contribution in [0.5, 0.6) is 17.2 Å². The predicted octanol–water partition coefficient (Wildman–Crippen LogP) is 4.64. The lowest BCUT2D eigenvalue weighted by Gasteiger charge is -1.93. The summed E-state index contributed by atoms with van der Waals surface area (Å²) in [5.74, 6) is 1.52. The zero-order valence-electron chi connectivity index (χ0n) is 12.0. The Labute approximate surface area is 133 Å². The van der Waals surface area contributed by atoms with Crippen LogP contribution in [0.1, 0.15) is 0 Å². The van der Waals surface area contributed by atoms with Crippen LogP contribution in [0.3, 0.4) is 0 Å². The van der Waals surface area contributed by atoms with Crippen molar-refractivity contribution in [3.63, 3.8) is 0 Å². The molecule has 3 aromatic carbocycles. The van der Waals surface area contributed by atoms with Gasteiger partial charge in [0, 0.05) is 0 Å². The zero-order chi connectivity index (χ0) is 16.0. The number of hydrogen-bond acceptors (Lipinski definition) is 3. The van der Waals surface area contributed by atoms with E-state index in [0.29, 0.717) is 11.5 Å². The number of benzene rings is 3. The van der Waals surface area contributed by atoms with Crippen molar-refractivity contribution in [2.75, 3.05) is 0 Å². The molecule has 0 radical (unpaired) electrons. The van der Waals surface area contributed by atoms with Crippen LogP contribution in [0.2, 0.25) is 0 Å². The molecular formula is C18H19O3P. The van der Waals surface area contributed by atoms with Gasteiger partial charge in [0.1, 0.15) is 17.2 Å². The van der Waals surface area contributed by atoms with E-state index in [4.69, 9.17) is 14.7 Å². The Morgan fingerprint density at radius 2 is 0.864 bits per heavy atom. The fraction of sp³-hybridized carbons (Fsp3) is 0. The average molecular weight is 314 g/mol. The molecule has 22 heavy (non-hydrogen) atoms. The van der Waals surface area contributed by atoms with Crippen LogP contribution in [0.25, 0.3) is 0 Å². The Kier molecular flexibility index (Phi) is 8.92. The van der Waals surface area contributed by atoms with E-state index in [2.05, 4.69) is 9.47 Å². The highest BCUT2D eigenvalue weighted by Crippen LogP contribution is 2.10. The number of aromatic hydroxyl groups is 2. The predicted molar refractivity (Wildman–Crippen MR) is 93.0 cm³/mol. The molecule has 0 aliphatic rings. The number of phenols is 2. The largest absolute Gasteiger partial charge is 0.508 e. The van der Waals surface area contributed by atoms with Crippen LogP contribution in [-0.4, -0.2) is 10.2 Å². The van der Waals surface area contributed by atoms with Crippen molar-refractivity contribution >= 4 is 9.47 Å². The third kappa shape index (κ3) is 8.62. The number of rotatable bonds is 1. The van der Waals surface area contributed by atoms with Crippen molar-refractivity contribution in [3.05, 3.63) is 91.0 Å². The molecule has 3 rings (SSSR count). The van der Waals surface area contributed by atoms with E-state index in [1.807, 2.05) is 42.5 Å². The van der Waals surface area contributed by atoms with Gasteiger partial charge >= 0.3 is 0 Å². The summed E-state index contributed by atoms with van der Waals surface area (Å²) < 4.78 is 4.83.